The molecule has 0 aliphatic rings. The molecule has 0 saturated heterocycles. The van der Waals surface area contributed by atoms with E-state index in [1.807, 2.05) is 13.8 Å². The number of amides is 1. The molecular weight excluding hydrogens is 215 g/mol. The zero-order valence-corrected chi connectivity index (χ0v) is 8.86. The zero-order chi connectivity index (χ0) is 12.3. The molecule has 1 atom stereocenters. The predicted molar refractivity (Wildman–Crippen MR) is 56.4 cm³/mol. The molecule has 6 heteroatoms. The van der Waals surface area contributed by atoms with Gasteiger partial charge in [-0.05, 0) is 37.1 Å². The van der Waals surface area contributed by atoms with E-state index >= 15 is 0 Å². The molecular formula is C10H11FN2O3. The van der Waals surface area contributed by atoms with E-state index in [0.29, 0.717) is 5.69 Å². The second kappa shape index (κ2) is 4.69. The number of nitro groups is 1. The van der Waals surface area contributed by atoms with Crippen LogP contribution in [-0.2, 0) is 4.79 Å². The molecule has 0 heterocycles. The number of hydrogen-bond acceptors (Lipinski definition) is 3. The van der Waals surface area contributed by atoms with Gasteiger partial charge in [-0.2, -0.15) is 4.39 Å². The maximum atomic E-state index is 12.7. The minimum absolute atomic E-state index is 0.345. The molecule has 1 unspecified atom stereocenters. The van der Waals surface area contributed by atoms with Crippen molar-refractivity contribution in [2.45, 2.75) is 20.1 Å². The Hall–Kier alpha value is -1.98. The minimum Gasteiger partial charge on any atom is -0.318 e. The van der Waals surface area contributed by atoms with Crippen LogP contribution in [0.5, 0.6) is 0 Å². The number of aryl methyl sites for hydroxylation is 2. The number of benzene rings is 1. The average molecular weight is 226 g/mol. The van der Waals surface area contributed by atoms with Crippen molar-refractivity contribution < 1.29 is 14.1 Å². The lowest BCUT2D eigenvalue weighted by atomic mass is 10.1. The molecule has 0 bridgehead atoms. The molecule has 1 N–H and O–H groups in total. The number of carbonyl (C=O) groups is 1. The van der Waals surface area contributed by atoms with E-state index in [4.69, 9.17) is 0 Å². The minimum atomic E-state index is -2.73. The van der Waals surface area contributed by atoms with E-state index in [2.05, 4.69) is 5.32 Å². The summed E-state index contributed by atoms with van der Waals surface area (Å²) in [7, 11) is 0. The van der Waals surface area contributed by atoms with Crippen LogP contribution in [0, 0.1) is 24.0 Å². The maximum absolute atomic E-state index is 12.7. The molecule has 0 fully saturated rings. The van der Waals surface area contributed by atoms with Crippen molar-refractivity contribution in [1.82, 2.24) is 0 Å². The normalized spacial score (nSPS) is 11.9. The van der Waals surface area contributed by atoms with Crippen LogP contribution < -0.4 is 5.32 Å². The fraction of sp³-hybridized carbons (Fsp3) is 0.300. The summed E-state index contributed by atoms with van der Waals surface area (Å²) < 4.78 is 12.7. The van der Waals surface area contributed by atoms with Crippen molar-refractivity contribution in [3.63, 3.8) is 0 Å². The molecule has 0 aliphatic heterocycles. The molecule has 0 spiro atoms. The lowest BCUT2D eigenvalue weighted by Gasteiger charge is -2.06. The molecule has 1 aromatic rings. The van der Waals surface area contributed by atoms with Gasteiger partial charge in [-0.15, -0.1) is 0 Å². The molecule has 5 nitrogen and oxygen atoms in total. The molecule has 0 saturated carbocycles. The summed E-state index contributed by atoms with van der Waals surface area (Å²) in [4.78, 5) is 19.8. The monoisotopic (exact) mass is 226 g/mol. The van der Waals surface area contributed by atoms with Crippen LogP contribution in [0.25, 0.3) is 0 Å². The summed E-state index contributed by atoms with van der Waals surface area (Å²) >= 11 is 0. The maximum Gasteiger partial charge on any atom is 0.427 e. The molecule has 1 rings (SSSR count). The van der Waals surface area contributed by atoms with E-state index in [1.54, 1.807) is 18.2 Å². The van der Waals surface area contributed by atoms with E-state index in [0.717, 1.165) is 11.1 Å². The number of alkyl halides is 1. The highest BCUT2D eigenvalue weighted by atomic mass is 19.1. The van der Waals surface area contributed by atoms with E-state index in [9.17, 15) is 19.3 Å². The molecule has 0 aliphatic carbocycles. The standard InChI is InChI=1S/C10H11FN2O3/c1-6-3-4-8(5-7(6)2)12-10(14)9(11)13(15)16/h3-5,9H,1-2H3,(H,12,14). The second-order valence-electron chi connectivity index (χ2n) is 3.41. The first-order chi connectivity index (χ1) is 7.41. The van der Waals surface area contributed by atoms with Crippen molar-refractivity contribution >= 4 is 11.6 Å². The smallest absolute Gasteiger partial charge is 0.318 e. The topological polar surface area (TPSA) is 72.2 Å². The van der Waals surface area contributed by atoms with Crippen molar-refractivity contribution in [3.8, 4) is 0 Å². The third-order valence-corrected chi connectivity index (χ3v) is 2.18. The molecule has 0 aromatic heterocycles. The number of rotatable bonds is 3. The Labute approximate surface area is 91.4 Å². The van der Waals surface area contributed by atoms with Crippen LogP contribution in [0.1, 0.15) is 11.1 Å². The third kappa shape index (κ3) is 2.75. The Morgan fingerprint density at radius 3 is 2.56 bits per heavy atom. The summed E-state index contributed by atoms with van der Waals surface area (Å²) in [5.74, 6) is -1.27. The Kier molecular flexibility index (Phi) is 3.55. The number of nitrogens with zero attached hydrogens (tertiary/aromatic N) is 1. The summed E-state index contributed by atoms with van der Waals surface area (Å²) in [5, 5.41) is 12.2. The number of halogens is 1. The van der Waals surface area contributed by atoms with Gasteiger partial charge in [0.1, 0.15) is 0 Å². The molecule has 86 valence electrons. The number of carbonyl (C=O) groups excluding carboxylic acids is 1. The Morgan fingerprint density at radius 2 is 2.06 bits per heavy atom. The van der Waals surface area contributed by atoms with Gasteiger partial charge in [0.05, 0.1) is 4.92 Å². The summed E-state index contributed by atoms with van der Waals surface area (Å²) in [6.07, 6.45) is -2.73. The van der Waals surface area contributed by atoms with Crippen LogP contribution in [-0.4, -0.2) is 17.1 Å². The van der Waals surface area contributed by atoms with Crippen molar-refractivity contribution in [1.29, 1.82) is 0 Å². The largest absolute Gasteiger partial charge is 0.427 e. The Balaban J connectivity index is 2.77. The first-order valence-electron chi connectivity index (χ1n) is 4.57. The molecule has 0 radical (unpaired) electrons. The third-order valence-electron chi connectivity index (χ3n) is 2.18. The summed E-state index contributed by atoms with van der Waals surface area (Å²) in [6.45, 7) is 3.71. The predicted octanol–water partition coefficient (Wildman–Crippen LogP) is 1.81. The average Bonchev–Trinajstić information content (AvgIpc) is 2.22. The lowest BCUT2D eigenvalue weighted by molar-refractivity contribution is -0.535. The van der Waals surface area contributed by atoms with Gasteiger partial charge < -0.3 is 5.32 Å². The summed E-state index contributed by atoms with van der Waals surface area (Å²) in [6, 6.07) is 4.93. The van der Waals surface area contributed by atoms with Crippen molar-refractivity contribution in [3.05, 3.63) is 39.4 Å². The SMILES string of the molecule is Cc1ccc(NC(=O)C(F)[N+](=O)[O-])cc1C. The highest BCUT2D eigenvalue weighted by Crippen LogP contribution is 2.14. The second-order valence-corrected chi connectivity index (χ2v) is 3.41. The molecule has 16 heavy (non-hydrogen) atoms. The Morgan fingerprint density at radius 1 is 1.44 bits per heavy atom. The van der Waals surface area contributed by atoms with Gasteiger partial charge in [0.15, 0.2) is 0 Å². The first kappa shape index (κ1) is 12.1. The lowest BCUT2D eigenvalue weighted by Crippen LogP contribution is -2.30. The van der Waals surface area contributed by atoms with Gasteiger partial charge in [-0.3, -0.25) is 14.9 Å². The number of hydrogen-bond donors (Lipinski definition) is 1. The van der Waals surface area contributed by atoms with Gasteiger partial charge in [0.2, 0.25) is 0 Å². The number of nitrogens with one attached hydrogen (secondary N) is 1. The highest BCUT2D eigenvalue weighted by Gasteiger charge is 2.28. The fourth-order valence-electron chi connectivity index (χ4n) is 1.12. The van der Waals surface area contributed by atoms with E-state index in [1.165, 1.54) is 0 Å². The quantitative estimate of drug-likeness (QED) is 0.485. The summed E-state index contributed by atoms with van der Waals surface area (Å²) in [5.41, 5.74) is 2.27. The highest BCUT2D eigenvalue weighted by molar-refractivity contribution is 5.93. The van der Waals surface area contributed by atoms with E-state index in [-0.39, 0.29) is 0 Å². The zero-order valence-electron chi connectivity index (χ0n) is 8.86. The first-order valence-corrected chi connectivity index (χ1v) is 4.57. The van der Waals surface area contributed by atoms with Crippen LogP contribution in [0.2, 0.25) is 0 Å². The van der Waals surface area contributed by atoms with Crippen LogP contribution in [0.3, 0.4) is 0 Å². The van der Waals surface area contributed by atoms with E-state index < -0.39 is 17.1 Å². The molecule has 1 aromatic carbocycles. The van der Waals surface area contributed by atoms with Crippen molar-refractivity contribution in [2.24, 2.45) is 0 Å². The van der Waals surface area contributed by atoms with Gasteiger partial charge in [0.25, 0.3) is 0 Å². The van der Waals surface area contributed by atoms with Crippen LogP contribution in [0.4, 0.5) is 10.1 Å². The fourth-order valence-corrected chi connectivity index (χ4v) is 1.12. The van der Waals surface area contributed by atoms with Gasteiger partial charge in [-0.1, -0.05) is 6.07 Å². The van der Waals surface area contributed by atoms with Crippen LogP contribution >= 0.6 is 0 Å². The van der Waals surface area contributed by atoms with Crippen LogP contribution in [0.15, 0.2) is 18.2 Å². The Bertz CT molecular complexity index is 434. The van der Waals surface area contributed by atoms with Gasteiger partial charge in [-0.25, -0.2) is 0 Å². The van der Waals surface area contributed by atoms with Gasteiger partial charge in [0, 0.05) is 5.69 Å². The molecule has 1 amide bonds. The van der Waals surface area contributed by atoms with Crippen molar-refractivity contribution in [2.75, 3.05) is 5.32 Å². The number of anilines is 1. The van der Waals surface area contributed by atoms with Gasteiger partial charge >= 0.3 is 12.2 Å².